The number of aromatic amines is 2. The maximum atomic E-state index is 12.8. The van der Waals surface area contributed by atoms with E-state index >= 15 is 0 Å². The van der Waals surface area contributed by atoms with Crippen molar-refractivity contribution in [2.75, 3.05) is 13.2 Å². The van der Waals surface area contributed by atoms with Crippen molar-refractivity contribution in [1.29, 1.82) is 0 Å². The van der Waals surface area contributed by atoms with E-state index in [-0.39, 0.29) is 11.5 Å². The number of ether oxygens (including phenoxy) is 12. The second-order valence-electron chi connectivity index (χ2n) is 27.3. The Morgan fingerprint density at radius 3 is 0.953 bits per heavy atom. The van der Waals surface area contributed by atoms with Crippen LogP contribution in [0.25, 0.3) is 68.6 Å². The number of unbranched alkanes of at least 4 members (excludes halogenated alkanes) is 16. The Labute approximate surface area is 619 Å². The number of hydrogen-bond donors (Lipinski definition) is 2. The number of esters is 8. The lowest BCUT2D eigenvalue weighted by Gasteiger charge is -2.43. The third-order valence-electron chi connectivity index (χ3n) is 18.7. The second-order valence-corrected chi connectivity index (χ2v) is 27.3. The van der Waals surface area contributed by atoms with Crippen molar-refractivity contribution in [3.8, 4) is 33.8 Å². The van der Waals surface area contributed by atoms with Crippen LogP contribution in [0.4, 0.5) is 0 Å². The number of benzene rings is 2. The molecule has 3 aromatic heterocycles. The predicted octanol–water partition coefficient (Wildman–Crippen LogP) is 15.1. The fraction of sp³-hybridized carbons (Fsp3) is 0.512. The summed E-state index contributed by atoms with van der Waals surface area (Å²) in [6, 6.07) is 22.8. The van der Waals surface area contributed by atoms with E-state index in [0.717, 1.165) is 146 Å². The quantitative estimate of drug-likeness (QED) is 0.0209. The Hall–Kier alpha value is -9.68. The average Bonchev–Trinajstić information content (AvgIpc) is 0.905. The number of carbonyl (C=O) groups excluding carboxylic acids is 8. The molecular weight excluding hydrogens is 1360 g/mol. The van der Waals surface area contributed by atoms with Crippen LogP contribution in [0, 0.1) is 0 Å². The Morgan fingerprint density at radius 1 is 0.340 bits per heavy atom. The molecule has 4 aliphatic heterocycles. The smallest absolute Gasteiger partial charge is 0.303 e. The van der Waals surface area contributed by atoms with Crippen LogP contribution >= 0.6 is 0 Å². The van der Waals surface area contributed by atoms with E-state index in [1.165, 1.54) is 91.9 Å². The summed E-state index contributed by atoms with van der Waals surface area (Å²) in [5, 5.41) is 0. The molecule has 2 aromatic carbocycles. The summed E-state index contributed by atoms with van der Waals surface area (Å²) >= 11 is 0. The van der Waals surface area contributed by atoms with E-state index in [0.29, 0.717) is 24.2 Å². The third-order valence-corrected chi connectivity index (χ3v) is 18.7. The first-order valence-electron chi connectivity index (χ1n) is 37.4. The maximum absolute atomic E-state index is 12.8. The highest BCUT2D eigenvalue weighted by Gasteiger charge is 2.55. The largest absolute Gasteiger partial charge is 0.463 e. The van der Waals surface area contributed by atoms with Crippen LogP contribution in [0.3, 0.4) is 0 Å². The number of carbonyl (C=O) groups is 8. The number of aromatic nitrogens is 4. The number of fused-ring (bicyclic) bond motifs is 8. The van der Waals surface area contributed by atoms with Crippen molar-refractivity contribution in [3.63, 3.8) is 0 Å². The second kappa shape index (κ2) is 39.6. The van der Waals surface area contributed by atoms with Crippen LogP contribution in [0.5, 0.6) is 11.5 Å². The zero-order valence-corrected chi connectivity index (χ0v) is 62.6. The zero-order chi connectivity index (χ0) is 75.8. The molecule has 5 aromatic rings. The minimum atomic E-state index is -1.46. The molecule has 24 heteroatoms. The van der Waals surface area contributed by atoms with Gasteiger partial charge in [0.2, 0.25) is 24.8 Å². The maximum Gasteiger partial charge on any atom is 0.303 e. The molecule has 9 rings (SSSR count). The van der Waals surface area contributed by atoms with E-state index in [1.54, 1.807) is 24.3 Å². The molecule has 0 radical (unpaired) electrons. The van der Waals surface area contributed by atoms with Gasteiger partial charge in [0, 0.05) is 99.7 Å². The van der Waals surface area contributed by atoms with Gasteiger partial charge in [-0.3, -0.25) is 38.4 Å². The molecule has 2 saturated heterocycles. The van der Waals surface area contributed by atoms with Gasteiger partial charge in [0.1, 0.15) is 36.9 Å². The van der Waals surface area contributed by atoms with Crippen LogP contribution in [0.15, 0.2) is 72.8 Å². The van der Waals surface area contributed by atoms with E-state index in [1.807, 2.05) is 36.4 Å². The van der Waals surface area contributed by atoms with Gasteiger partial charge < -0.3 is 66.8 Å². The molecule has 10 atom stereocenters. The van der Waals surface area contributed by atoms with E-state index in [4.69, 9.17) is 66.8 Å². The monoisotopic (exact) mass is 1460 g/mol. The number of H-pyrrole nitrogens is 2. The number of nitrogens with zero attached hydrogens (tertiary/aromatic N) is 2. The van der Waals surface area contributed by atoms with E-state index in [9.17, 15) is 38.4 Å². The predicted molar refractivity (Wildman–Crippen MR) is 397 cm³/mol. The first kappa shape index (κ1) is 80.4. The summed E-state index contributed by atoms with van der Waals surface area (Å²) in [6.07, 6.45) is 16.3. The molecule has 2 N–H and O–H groups in total. The molecule has 7 heterocycles. The highest BCUT2D eigenvalue weighted by molar-refractivity contribution is 5.94. The van der Waals surface area contributed by atoms with Crippen LogP contribution in [0.1, 0.15) is 219 Å². The lowest BCUT2D eigenvalue weighted by molar-refractivity contribution is -0.288. The minimum absolute atomic E-state index is 0.263. The SMILES string of the molecule is CCCCCCCCCCCc1c2nc(c(-c3ccc(O[C@@H]4O[C@H](COC(C)=O)[C@@H](OC(C)=O)[C@H](OC(C)=O)[C@H]4OC(C)=O)cc3)c3ccc([nH]3)c(CCCCCCCCCCC)c3nc(c(-c4ccc(O[C@@H]5O[C@H](COC(C)=O)[C@@H](OC(C)=O)[C@H](OC(C)=O)[C@H]5OC(C)=O)cc4)c4ccc1[nH]4)C=C3)C=C2. The molecule has 106 heavy (non-hydrogen) atoms. The summed E-state index contributed by atoms with van der Waals surface area (Å²) in [5.74, 6) is -5.33. The van der Waals surface area contributed by atoms with Crippen LogP contribution in [-0.4, -0.2) is 142 Å². The van der Waals surface area contributed by atoms with Gasteiger partial charge in [0.25, 0.3) is 0 Å². The molecule has 0 saturated carbocycles. The summed E-state index contributed by atoms with van der Waals surface area (Å²) in [4.78, 5) is 119. The van der Waals surface area contributed by atoms with Gasteiger partial charge in [-0.15, -0.1) is 0 Å². The fourth-order valence-electron chi connectivity index (χ4n) is 13.9. The van der Waals surface area contributed by atoms with Crippen molar-refractivity contribution < 1.29 is 95.2 Å². The average molecular weight is 1460 g/mol. The molecule has 24 nitrogen and oxygen atoms in total. The Bertz CT molecular complexity index is 3840. The Morgan fingerprint density at radius 2 is 0.632 bits per heavy atom. The molecule has 8 bridgehead atoms. The molecule has 0 aliphatic carbocycles. The van der Waals surface area contributed by atoms with Crippen LogP contribution in [-0.2, 0) is 98.6 Å². The zero-order valence-electron chi connectivity index (χ0n) is 62.6. The summed E-state index contributed by atoms with van der Waals surface area (Å²) in [5.41, 5.74) is 11.3. The number of nitrogens with one attached hydrogen (secondary N) is 2. The Balaban J connectivity index is 1.16. The standard InChI is InChI=1S/C82H102N4O20/c1-11-13-15-17-19-21-23-25-27-29-61-63-39-43-67(83-63)73(57-31-35-59(36-32-57)103-81-79(101-55(9)93)77(99-53(7)91)75(97-51(5)89)71(105-81)47-95-49(3)87)69-45-41-65(85-69)62(30-28-26-24-22-20-18-16-14-12-2)66-42-46-70(86-66)74(68-44-40-64(61)84-68)58-33-37-60(38-34-58)104-82-80(102-56(10)94)78(100-54(8)92)76(98-52(6)90)72(106-82)48-96-50(4)88/h31-46,71-72,75-83,86H,11-30,47-48H2,1-10H3/t71-,72-,75-,76-,77+,78+,79-,80-,81-,82-/m1/s1. The molecule has 2 fully saturated rings. The third kappa shape index (κ3) is 22.7. The minimum Gasteiger partial charge on any atom is -0.463 e. The highest BCUT2D eigenvalue weighted by Crippen LogP contribution is 2.39. The van der Waals surface area contributed by atoms with Gasteiger partial charge in [-0.25, -0.2) is 9.97 Å². The van der Waals surface area contributed by atoms with Gasteiger partial charge in [-0.1, -0.05) is 141 Å². The highest BCUT2D eigenvalue weighted by atomic mass is 16.7. The summed E-state index contributed by atoms with van der Waals surface area (Å²) in [7, 11) is 0. The molecule has 0 unspecified atom stereocenters. The van der Waals surface area contributed by atoms with E-state index < -0.39 is 122 Å². The molecule has 0 spiro atoms. The number of hydrogen-bond acceptors (Lipinski definition) is 22. The lowest BCUT2D eigenvalue weighted by atomic mass is 9.98. The van der Waals surface area contributed by atoms with Crippen molar-refractivity contribution >= 4 is 94.1 Å². The molecule has 0 amide bonds. The molecule has 570 valence electrons. The first-order valence-corrected chi connectivity index (χ1v) is 37.4. The number of aryl methyl sites for hydroxylation is 2. The fourth-order valence-corrected chi connectivity index (χ4v) is 13.9. The topological polar surface area (TPSA) is 305 Å². The van der Waals surface area contributed by atoms with Crippen LogP contribution in [0.2, 0.25) is 0 Å². The van der Waals surface area contributed by atoms with Gasteiger partial charge in [-0.05, 0) is 110 Å². The van der Waals surface area contributed by atoms with Crippen molar-refractivity contribution in [1.82, 2.24) is 19.9 Å². The van der Waals surface area contributed by atoms with Gasteiger partial charge in [0.15, 0.2) is 24.4 Å². The van der Waals surface area contributed by atoms with Crippen molar-refractivity contribution in [2.24, 2.45) is 0 Å². The lowest BCUT2D eigenvalue weighted by Crippen LogP contribution is -2.63. The van der Waals surface area contributed by atoms with Crippen molar-refractivity contribution in [2.45, 2.75) is 259 Å². The van der Waals surface area contributed by atoms with E-state index in [2.05, 4.69) is 60.2 Å². The summed E-state index contributed by atoms with van der Waals surface area (Å²) < 4.78 is 70.3. The first-order chi connectivity index (χ1) is 51.1. The normalized spacial score (nSPS) is 20.2. The van der Waals surface area contributed by atoms with Crippen LogP contribution < -0.4 is 9.47 Å². The molecular formula is C82H102N4O20. The Kier molecular flexibility index (Phi) is 30.0. The molecule has 4 aliphatic rings. The number of rotatable bonds is 36. The van der Waals surface area contributed by atoms with Crippen molar-refractivity contribution in [3.05, 3.63) is 107 Å². The van der Waals surface area contributed by atoms with Gasteiger partial charge >= 0.3 is 47.8 Å². The van der Waals surface area contributed by atoms with Gasteiger partial charge in [-0.2, -0.15) is 0 Å². The summed E-state index contributed by atoms with van der Waals surface area (Å²) in [6.45, 7) is 13.0. The van der Waals surface area contributed by atoms with Gasteiger partial charge in [0.05, 0.1) is 22.8 Å².